The van der Waals surface area contributed by atoms with Crippen LogP contribution in [0.5, 0.6) is 5.75 Å². The number of nitro groups is 2. The van der Waals surface area contributed by atoms with Gasteiger partial charge in [0.15, 0.2) is 0 Å². The molecular weight excluding hydrogens is 446 g/mol. The summed E-state index contributed by atoms with van der Waals surface area (Å²) < 4.78 is 5.91. The van der Waals surface area contributed by atoms with E-state index in [2.05, 4.69) is 17.4 Å². The first-order valence-corrected chi connectivity index (χ1v) is 12.0. The molecule has 3 aromatic carbocycles. The summed E-state index contributed by atoms with van der Waals surface area (Å²) in [5, 5.41) is 25.9. The molecule has 2 aliphatic carbocycles. The number of non-ortho nitro benzene ring substituents is 2. The first-order valence-electron chi connectivity index (χ1n) is 12.0. The van der Waals surface area contributed by atoms with Crippen LogP contribution in [-0.4, -0.2) is 9.85 Å². The smallest absolute Gasteiger partial charge is 0.269 e. The lowest BCUT2D eigenvalue weighted by Gasteiger charge is -2.43. The van der Waals surface area contributed by atoms with Crippen molar-refractivity contribution in [3.8, 4) is 5.75 Å². The molecule has 2 bridgehead atoms. The van der Waals surface area contributed by atoms with Crippen LogP contribution in [0.15, 0.2) is 66.7 Å². The van der Waals surface area contributed by atoms with E-state index in [1.165, 1.54) is 37.0 Å². The zero-order chi connectivity index (χ0) is 24.1. The van der Waals surface area contributed by atoms with E-state index < -0.39 is 4.92 Å². The maximum atomic E-state index is 11.4. The van der Waals surface area contributed by atoms with Crippen molar-refractivity contribution >= 4 is 17.1 Å². The molecule has 1 heterocycles. The number of ether oxygens (including phenoxy) is 1. The minimum Gasteiger partial charge on any atom is -0.489 e. The molecule has 5 atom stereocenters. The molecule has 6 rings (SSSR count). The molecule has 2 fully saturated rings. The van der Waals surface area contributed by atoms with Crippen LogP contribution in [-0.2, 0) is 6.61 Å². The van der Waals surface area contributed by atoms with E-state index in [0.717, 1.165) is 22.6 Å². The molecule has 2 saturated carbocycles. The summed E-state index contributed by atoms with van der Waals surface area (Å²) in [6.45, 7) is 0.333. The molecule has 1 N–H and O–H groups in total. The lowest BCUT2D eigenvalue weighted by atomic mass is 9.68. The van der Waals surface area contributed by atoms with E-state index >= 15 is 0 Å². The van der Waals surface area contributed by atoms with Gasteiger partial charge in [-0.1, -0.05) is 12.1 Å². The van der Waals surface area contributed by atoms with Gasteiger partial charge in [0.2, 0.25) is 0 Å². The first kappa shape index (κ1) is 21.6. The van der Waals surface area contributed by atoms with E-state index in [1.54, 1.807) is 24.3 Å². The van der Waals surface area contributed by atoms with E-state index in [0.29, 0.717) is 30.3 Å². The molecule has 35 heavy (non-hydrogen) atoms. The van der Waals surface area contributed by atoms with Crippen LogP contribution in [0.4, 0.5) is 17.1 Å². The topological polar surface area (TPSA) is 108 Å². The van der Waals surface area contributed by atoms with Gasteiger partial charge in [-0.05, 0) is 90.0 Å². The summed E-state index contributed by atoms with van der Waals surface area (Å²) in [4.78, 5) is 21.5. The van der Waals surface area contributed by atoms with Crippen molar-refractivity contribution in [3.63, 3.8) is 0 Å². The van der Waals surface area contributed by atoms with Crippen LogP contribution in [0.25, 0.3) is 0 Å². The van der Waals surface area contributed by atoms with Crippen LogP contribution in [0.2, 0.25) is 0 Å². The number of fused-ring (bicyclic) bond motifs is 7. The fraction of sp³-hybridized carbons (Fsp3) is 0.333. The number of benzene rings is 3. The Kier molecular flexibility index (Phi) is 5.16. The van der Waals surface area contributed by atoms with Gasteiger partial charge in [-0.25, -0.2) is 0 Å². The minimum absolute atomic E-state index is 0.0631. The third-order valence-corrected chi connectivity index (χ3v) is 8.07. The number of hydrogen-bond donors (Lipinski definition) is 1. The lowest BCUT2D eigenvalue weighted by molar-refractivity contribution is -0.385. The van der Waals surface area contributed by atoms with Crippen LogP contribution in [0, 0.1) is 38.0 Å². The van der Waals surface area contributed by atoms with Crippen molar-refractivity contribution in [2.75, 3.05) is 5.32 Å². The monoisotopic (exact) mass is 471 g/mol. The van der Waals surface area contributed by atoms with Crippen LogP contribution in [0.3, 0.4) is 0 Å². The molecule has 3 aromatic rings. The van der Waals surface area contributed by atoms with Crippen molar-refractivity contribution in [2.24, 2.45) is 17.8 Å². The Hall–Kier alpha value is -3.94. The van der Waals surface area contributed by atoms with Gasteiger partial charge in [-0.2, -0.15) is 0 Å². The molecule has 0 radical (unpaired) electrons. The van der Waals surface area contributed by atoms with E-state index in [4.69, 9.17) is 4.74 Å². The van der Waals surface area contributed by atoms with Crippen molar-refractivity contribution in [1.82, 2.24) is 0 Å². The van der Waals surface area contributed by atoms with E-state index in [-0.39, 0.29) is 22.3 Å². The van der Waals surface area contributed by atoms with Crippen LogP contribution in [0.1, 0.15) is 47.9 Å². The number of anilines is 1. The number of nitrogens with one attached hydrogen (secondary N) is 1. The van der Waals surface area contributed by atoms with E-state index in [9.17, 15) is 20.2 Å². The standard InChI is InChI=1S/C27H25N3O5/c31-29(32)20-7-1-16(2-8-20)15-35-22-10-5-17(6-11-22)27-26-19-4-3-18(13-19)25(26)23-14-21(30(33)34)9-12-24(23)28-27/h1-2,5-12,14,18-19,25-28H,3-4,13,15H2/t18-,19-,25-,26+,27-/m0/s1. The highest BCUT2D eigenvalue weighted by Crippen LogP contribution is 2.63. The second-order valence-electron chi connectivity index (χ2n) is 9.87. The molecule has 0 aromatic heterocycles. The number of nitrogens with zero attached hydrogens (tertiary/aromatic N) is 2. The Balaban J connectivity index is 1.22. The molecule has 3 aliphatic rings. The third-order valence-electron chi connectivity index (χ3n) is 8.07. The summed E-state index contributed by atoms with van der Waals surface area (Å²) >= 11 is 0. The number of nitro benzene ring substituents is 2. The van der Waals surface area contributed by atoms with E-state index in [1.807, 2.05) is 18.2 Å². The fourth-order valence-electron chi connectivity index (χ4n) is 6.57. The Labute approximate surface area is 202 Å². The molecule has 0 unspecified atom stereocenters. The van der Waals surface area contributed by atoms with Crippen molar-refractivity contribution < 1.29 is 14.6 Å². The SMILES string of the molecule is O=[N+]([O-])c1ccc(COc2ccc([C@@H]3Nc4ccc([N+](=O)[O-])cc4[C@@H]4[C@H]5CC[C@@H](C5)[C@H]43)cc2)cc1. The third kappa shape index (κ3) is 3.79. The van der Waals surface area contributed by atoms with Gasteiger partial charge in [0.05, 0.1) is 15.9 Å². The zero-order valence-electron chi connectivity index (χ0n) is 19.0. The van der Waals surface area contributed by atoms with Gasteiger partial charge < -0.3 is 10.1 Å². The Bertz CT molecular complexity index is 1290. The molecule has 0 spiro atoms. The summed E-state index contributed by atoms with van der Waals surface area (Å²) in [7, 11) is 0. The highest BCUT2D eigenvalue weighted by Gasteiger charge is 2.54. The summed E-state index contributed by atoms with van der Waals surface area (Å²) in [6.07, 6.45) is 3.63. The van der Waals surface area contributed by atoms with Crippen molar-refractivity contribution in [2.45, 2.75) is 37.8 Å². The van der Waals surface area contributed by atoms with Crippen LogP contribution < -0.4 is 10.1 Å². The van der Waals surface area contributed by atoms with Crippen LogP contribution >= 0.6 is 0 Å². The molecule has 0 amide bonds. The molecule has 8 nitrogen and oxygen atoms in total. The fourth-order valence-corrected chi connectivity index (χ4v) is 6.57. The quantitative estimate of drug-likeness (QED) is 0.330. The van der Waals surface area contributed by atoms with Gasteiger partial charge in [-0.15, -0.1) is 0 Å². The Morgan fingerprint density at radius 3 is 2.26 bits per heavy atom. The normalized spacial score (nSPS) is 25.9. The summed E-state index contributed by atoms with van der Waals surface area (Å²) in [5.74, 6) is 2.75. The first-order chi connectivity index (χ1) is 17.0. The Morgan fingerprint density at radius 1 is 0.857 bits per heavy atom. The summed E-state index contributed by atoms with van der Waals surface area (Å²) in [5.41, 5.74) is 4.40. The maximum Gasteiger partial charge on any atom is 0.269 e. The largest absolute Gasteiger partial charge is 0.489 e. The van der Waals surface area contributed by atoms with Crippen molar-refractivity contribution in [1.29, 1.82) is 0 Å². The van der Waals surface area contributed by atoms with Gasteiger partial charge in [0.1, 0.15) is 12.4 Å². The average Bonchev–Trinajstić information content (AvgIpc) is 3.50. The second kappa shape index (κ2) is 8.37. The minimum atomic E-state index is -0.414. The molecule has 178 valence electrons. The van der Waals surface area contributed by atoms with Gasteiger partial charge in [-0.3, -0.25) is 20.2 Å². The molecule has 8 heteroatoms. The molecule has 1 aliphatic heterocycles. The number of hydrogen-bond acceptors (Lipinski definition) is 6. The molecular formula is C27H25N3O5. The maximum absolute atomic E-state index is 11.4. The lowest BCUT2D eigenvalue weighted by Crippen LogP contribution is -2.35. The van der Waals surface area contributed by atoms with Crippen molar-refractivity contribution in [3.05, 3.63) is 104 Å². The molecule has 0 saturated heterocycles. The predicted octanol–water partition coefficient (Wildman–Crippen LogP) is 6.38. The highest BCUT2D eigenvalue weighted by atomic mass is 16.6. The summed E-state index contributed by atoms with van der Waals surface area (Å²) in [6, 6.07) is 19.9. The highest BCUT2D eigenvalue weighted by molar-refractivity contribution is 5.62. The second-order valence-corrected chi connectivity index (χ2v) is 9.87. The Morgan fingerprint density at radius 2 is 1.54 bits per heavy atom. The van der Waals surface area contributed by atoms with Gasteiger partial charge in [0, 0.05) is 30.0 Å². The van der Waals surface area contributed by atoms with Gasteiger partial charge >= 0.3 is 0 Å². The number of rotatable bonds is 6. The average molecular weight is 472 g/mol. The zero-order valence-corrected chi connectivity index (χ0v) is 19.0. The van der Waals surface area contributed by atoms with Gasteiger partial charge in [0.25, 0.3) is 11.4 Å². The predicted molar refractivity (Wildman–Crippen MR) is 130 cm³/mol.